The van der Waals surface area contributed by atoms with Gasteiger partial charge < -0.3 is 5.73 Å². The zero-order valence-electron chi connectivity index (χ0n) is 9.20. The van der Waals surface area contributed by atoms with E-state index in [9.17, 15) is 4.39 Å². The molecule has 2 N–H and O–H groups in total. The average Bonchev–Trinajstić information content (AvgIpc) is 2.31. The van der Waals surface area contributed by atoms with Gasteiger partial charge >= 0.3 is 0 Å². The maximum absolute atomic E-state index is 13.6. The summed E-state index contributed by atoms with van der Waals surface area (Å²) in [6.07, 6.45) is 0.855. The van der Waals surface area contributed by atoms with Crippen LogP contribution in [-0.4, -0.2) is 0 Å². The second-order valence-corrected chi connectivity index (χ2v) is 3.75. The van der Waals surface area contributed by atoms with Crippen molar-refractivity contribution in [2.45, 2.75) is 13.3 Å². The van der Waals surface area contributed by atoms with E-state index in [1.807, 2.05) is 31.2 Å². The molecule has 2 rings (SSSR count). The molecule has 2 heteroatoms. The lowest BCUT2D eigenvalue weighted by atomic mass is 10.0. The van der Waals surface area contributed by atoms with Crippen LogP contribution < -0.4 is 5.73 Å². The quantitative estimate of drug-likeness (QED) is 0.760. The minimum absolute atomic E-state index is 0.200. The molecule has 82 valence electrons. The molecule has 16 heavy (non-hydrogen) atoms. The van der Waals surface area contributed by atoms with Crippen molar-refractivity contribution >= 4 is 5.69 Å². The van der Waals surface area contributed by atoms with E-state index in [2.05, 4.69) is 0 Å². The van der Waals surface area contributed by atoms with E-state index in [-0.39, 0.29) is 5.82 Å². The third-order valence-electron chi connectivity index (χ3n) is 2.71. The Bertz CT molecular complexity index is 506. The standard InChI is InChI=1S/C14H14FN/c1-2-10-9-11(7-8-14(10)16)12-5-3-4-6-13(12)15/h3-9H,2,16H2,1H3. The summed E-state index contributed by atoms with van der Waals surface area (Å²) in [5.41, 5.74) is 9.15. The van der Waals surface area contributed by atoms with Crippen molar-refractivity contribution < 1.29 is 4.39 Å². The third kappa shape index (κ3) is 1.91. The monoisotopic (exact) mass is 215 g/mol. The Balaban J connectivity index is 2.53. The van der Waals surface area contributed by atoms with Crippen LogP contribution in [0.25, 0.3) is 11.1 Å². The molecule has 2 aromatic rings. The van der Waals surface area contributed by atoms with Gasteiger partial charge in [0.25, 0.3) is 0 Å². The van der Waals surface area contributed by atoms with Gasteiger partial charge in [-0.2, -0.15) is 0 Å². The molecule has 0 aliphatic rings. The molecule has 0 saturated heterocycles. The highest BCUT2D eigenvalue weighted by Gasteiger charge is 2.05. The lowest BCUT2D eigenvalue weighted by Gasteiger charge is -2.07. The van der Waals surface area contributed by atoms with Crippen LogP contribution >= 0.6 is 0 Å². The second-order valence-electron chi connectivity index (χ2n) is 3.75. The molecule has 0 unspecified atom stereocenters. The van der Waals surface area contributed by atoms with Gasteiger partial charge in [-0.3, -0.25) is 0 Å². The first-order valence-electron chi connectivity index (χ1n) is 5.35. The number of rotatable bonds is 2. The molecule has 0 aromatic heterocycles. The fourth-order valence-corrected chi connectivity index (χ4v) is 1.77. The molecule has 1 nitrogen and oxygen atoms in total. The second kappa shape index (κ2) is 4.35. The van der Waals surface area contributed by atoms with Gasteiger partial charge in [-0.1, -0.05) is 31.2 Å². The number of benzene rings is 2. The number of aryl methyl sites for hydroxylation is 1. The summed E-state index contributed by atoms with van der Waals surface area (Å²) in [5.74, 6) is -0.200. The highest BCUT2D eigenvalue weighted by Crippen LogP contribution is 2.26. The third-order valence-corrected chi connectivity index (χ3v) is 2.71. The maximum atomic E-state index is 13.6. The van der Waals surface area contributed by atoms with Crippen LogP contribution in [0, 0.1) is 5.82 Å². The van der Waals surface area contributed by atoms with Crippen molar-refractivity contribution in [2.75, 3.05) is 5.73 Å². The first-order chi connectivity index (χ1) is 7.72. The van der Waals surface area contributed by atoms with Gasteiger partial charge in [-0.25, -0.2) is 4.39 Å². The van der Waals surface area contributed by atoms with Crippen molar-refractivity contribution in [3.63, 3.8) is 0 Å². The molecule has 0 aliphatic heterocycles. The van der Waals surface area contributed by atoms with Crippen LogP contribution in [0.5, 0.6) is 0 Å². The van der Waals surface area contributed by atoms with Crippen LogP contribution in [0.4, 0.5) is 10.1 Å². The Labute approximate surface area is 94.7 Å². The Kier molecular flexibility index (Phi) is 2.91. The molecule has 0 aliphatic carbocycles. The van der Waals surface area contributed by atoms with Crippen molar-refractivity contribution in [2.24, 2.45) is 0 Å². The van der Waals surface area contributed by atoms with Gasteiger partial charge in [0, 0.05) is 11.3 Å². The Hall–Kier alpha value is -1.83. The number of hydrogen-bond donors (Lipinski definition) is 1. The van der Waals surface area contributed by atoms with Gasteiger partial charge in [0.15, 0.2) is 0 Å². The van der Waals surface area contributed by atoms with Gasteiger partial charge in [0.2, 0.25) is 0 Å². The molecule has 0 atom stereocenters. The summed E-state index contributed by atoms with van der Waals surface area (Å²) in [7, 11) is 0. The maximum Gasteiger partial charge on any atom is 0.131 e. The Morgan fingerprint density at radius 2 is 1.88 bits per heavy atom. The number of halogens is 1. The molecule has 0 amide bonds. The predicted molar refractivity (Wildman–Crippen MR) is 65.6 cm³/mol. The van der Waals surface area contributed by atoms with E-state index in [1.54, 1.807) is 12.1 Å². The zero-order chi connectivity index (χ0) is 11.5. The summed E-state index contributed by atoms with van der Waals surface area (Å²) >= 11 is 0. The van der Waals surface area contributed by atoms with Crippen LogP contribution in [-0.2, 0) is 6.42 Å². The van der Waals surface area contributed by atoms with E-state index < -0.39 is 0 Å². The van der Waals surface area contributed by atoms with Crippen molar-refractivity contribution in [3.8, 4) is 11.1 Å². The van der Waals surface area contributed by atoms with Crippen molar-refractivity contribution in [3.05, 3.63) is 53.8 Å². The molecule has 2 aromatic carbocycles. The lowest BCUT2D eigenvalue weighted by molar-refractivity contribution is 0.631. The zero-order valence-corrected chi connectivity index (χ0v) is 9.20. The molecule has 0 fully saturated rings. The molecule has 0 heterocycles. The van der Waals surface area contributed by atoms with Gasteiger partial charge in [0.1, 0.15) is 5.82 Å². The molecule has 0 bridgehead atoms. The SMILES string of the molecule is CCc1cc(-c2ccccc2F)ccc1N. The fraction of sp³-hybridized carbons (Fsp3) is 0.143. The van der Waals surface area contributed by atoms with E-state index in [0.717, 1.165) is 23.2 Å². The topological polar surface area (TPSA) is 26.0 Å². The van der Waals surface area contributed by atoms with Gasteiger partial charge in [0.05, 0.1) is 0 Å². The summed E-state index contributed by atoms with van der Waals surface area (Å²) in [6.45, 7) is 2.04. The van der Waals surface area contributed by atoms with E-state index in [0.29, 0.717) is 5.56 Å². The van der Waals surface area contributed by atoms with Crippen LogP contribution in [0.1, 0.15) is 12.5 Å². The lowest BCUT2D eigenvalue weighted by Crippen LogP contribution is -1.93. The first-order valence-corrected chi connectivity index (χ1v) is 5.35. The number of nitrogens with two attached hydrogens (primary N) is 1. The van der Waals surface area contributed by atoms with E-state index >= 15 is 0 Å². The largest absolute Gasteiger partial charge is 0.399 e. The molecule has 0 saturated carbocycles. The Morgan fingerprint density at radius 1 is 1.12 bits per heavy atom. The van der Waals surface area contributed by atoms with E-state index in [4.69, 9.17) is 5.73 Å². The first kappa shape index (κ1) is 10.7. The molecule has 0 spiro atoms. The molecular formula is C14H14FN. The van der Waals surface area contributed by atoms with Crippen LogP contribution in [0.2, 0.25) is 0 Å². The average molecular weight is 215 g/mol. The summed E-state index contributed by atoms with van der Waals surface area (Å²) < 4.78 is 13.6. The fourth-order valence-electron chi connectivity index (χ4n) is 1.77. The van der Waals surface area contributed by atoms with Crippen molar-refractivity contribution in [1.82, 2.24) is 0 Å². The van der Waals surface area contributed by atoms with Gasteiger partial charge in [-0.15, -0.1) is 0 Å². The summed E-state index contributed by atoms with van der Waals surface area (Å²) in [5, 5.41) is 0. The molecular weight excluding hydrogens is 201 g/mol. The summed E-state index contributed by atoms with van der Waals surface area (Å²) in [4.78, 5) is 0. The Morgan fingerprint density at radius 3 is 2.56 bits per heavy atom. The number of anilines is 1. The predicted octanol–water partition coefficient (Wildman–Crippen LogP) is 3.64. The number of hydrogen-bond acceptors (Lipinski definition) is 1. The minimum atomic E-state index is -0.200. The highest BCUT2D eigenvalue weighted by molar-refractivity contribution is 5.68. The van der Waals surface area contributed by atoms with Crippen LogP contribution in [0.3, 0.4) is 0 Å². The van der Waals surface area contributed by atoms with Gasteiger partial charge in [-0.05, 0) is 35.7 Å². The molecule has 0 radical (unpaired) electrons. The minimum Gasteiger partial charge on any atom is -0.399 e. The normalized spacial score (nSPS) is 10.4. The van der Waals surface area contributed by atoms with Crippen molar-refractivity contribution in [1.29, 1.82) is 0 Å². The van der Waals surface area contributed by atoms with Crippen LogP contribution in [0.15, 0.2) is 42.5 Å². The highest BCUT2D eigenvalue weighted by atomic mass is 19.1. The van der Waals surface area contributed by atoms with E-state index in [1.165, 1.54) is 6.07 Å². The smallest absolute Gasteiger partial charge is 0.131 e. The number of nitrogen functional groups attached to an aromatic ring is 1. The summed E-state index contributed by atoms with van der Waals surface area (Å²) in [6, 6.07) is 12.4.